The van der Waals surface area contributed by atoms with Gasteiger partial charge in [-0.1, -0.05) is 6.92 Å². The summed E-state index contributed by atoms with van der Waals surface area (Å²) < 4.78 is 5.34. The van der Waals surface area contributed by atoms with E-state index in [1.807, 2.05) is 7.11 Å². The largest absolute Gasteiger partial charge is 0.381 e. The molecular weight excluding hydrogens is 126 g/mol. The van der Waals surface area contributed by atoms with Gasteiger partial charge in [0.2, 0.25) is 0 Å². The smallest absolute Gasteiger partial charge is 0.0609 e. The van der Waals surface area contributed by atoms with Crippen LogP contribution >= 0.6 is 0 Å². The monoisotopic (exact) mass is 143 g/mol. The molecule has 2 heteroatoms. The van der Waals surface area contributed by atoms with Gasteiger partial charge in [-0.15, -0.1) is 0 Å². The zero-order valence-corrected chi connectivity index (χ0v) is 6.89. The van der Waals surface area contributed by atoms with Crippen molar-refractivity contribution in [2.75, 3.05) is 20.2 Å². The Labute approximate surface area is 63.0 Å². The van der Waals surface area contributed by atoms with Crippen molar-refractivity contribution in [1.29, 1.82) is 0 Å². The topological polar surface area (TPSA) is 21.3 Å². The summed E-state index contributed by atoms with van der Waals surface area (Å²) in [5, 5.41) is 3.38. The van der Waals surface area contributed by atoms with Crippen molar-refractivity contribution >= 4 is 0 Å². The first-order valence-electron chi connectivity index (χ1n) is 4.08. The Kier molecular flexibility index (Phi) is 3.16. The number of ether oxygens (including phenoxy) is 1. The Hall–Kier alpha value is -0.0800. The lowest BCUT2D eigenvalue weighted by Crippen LogP contribution is -2.26. The van der Waals surface area contributed by atoms with E-state index in [-0.39, 0.29) is 0 Å². The number of hydrogen-bond acceptors (Lipinski definition) is 2. The van der Waals surface area contributed by atoms with E-state index in [9.17, 15) is 0 Å². The molecule has 1 N–H and O–H groups in total. The van der Waals surface area contributed by atoms with Gasteiger partial charge in [-0.05, 0) is 25.3 Å². The average molecular weight is 143 g/mol. The molecule has 1 aliphatic rings. The molecule has 0 amide bonds. The van der Waals surface area contributed by atoms with Crippen LogP contribution in [0.15, 0.2) is 0 Å². The molecule has 0 aromatic heterocycles. The Morgan fingerprint density at radius 3 is 3.00 bits per heavy atom. The molecule has 0 bridgehead atoms. The fourth-order valence-electron chi connectivity index (χ4n) is 1.52. The van der Waals surface area contributed by atoms with Crippen LogP contribution in [-0.4, -0.2) is 26.3 Å². The minimum Gasteiger partial charge on any atom is -0.381 e. The minimum atomic E-state index is 0.481. The first-order chi connectivity index (χ1) is 4.84. The second-order valence-electron chi connectivity index (χ2n) is 3.10. The zero-order valence-electron chi connectivity index (χ0n) is 6.89. The Morgan fingerprint density at radius 1 is 1.50 bits per heavy atom. The van der Waals surface area contributed by atoms with Crippen LogP contribution in [0.1, 0.15) is 19.8 Å². The predicted octanol–water partition coefficient (Wildman–Crippen LogP) is 1.02. The van der Waals surface area contributed by atoms with Crippen molar-refractivity contribution in [3.8, 4) is 0 Å². The highest BCUT2D eigenvalue weighted by atomic mass is 16.5. The molecule has 0 aromatic carbocycles. The van der Waals surface area contributed by atoms with Crippen molar-refractivity contribution in [3.63, 3.8) is 0 Å². The van der Waals surface area contributed by atoms with Gasteiger partial charge in [0, 0.05) is 13.7 Å². The number of hydrogen-bond donors (Lipinski definition) is 1. The molecule has 0 spiro atoms. The van der Waals surface area contributed by atoms with Crippen molar-refractivity contribution in [3.05, 3.63) is 0 Å². The molecule has 0 aromatic rings. The van der Waals surface area contributed by atoms with Crippen LogP contribution in [0.5, 0.6) is 0 Å². The first kappa shape index (κ1) is 8.02. The third-order valence-corrected chi connectivity index (χ3v) is 2.25. The molecule has 1 rings (SSSR count). The van der Waals surface area contributed by atoms with Crippen molar-refractivity contribution < 1.29 is 4.74 Å². The lowest BCUT2D eigenvalue weighted by molar-refractivity contribution is 0.0578. The van der Waals surface area contributed by atoms with Gasteiger partial charge in [-0.25, -0.2) is 0 Å². The van der Waals surface area contributed by atoms with E-state index in [1.54, 1.807) is 0 Å². The number of nitrogens with one attached hydrogen (secondary N) is 1. The van der Waals surface area contributed by atoms with Crippen LogP contribution in [0.2, 0.25) is 0 Å². The lowest BCUT2D eigenvalue weighted by atomic mass is 10.0. The van der Waals surface area contributed by atoms with Crippen LogP contribution in [0, 0.1) is 5.92 Å². The summed E-state index contributed by atoms with van der Waals surface area (Å²) in [6, 6.07) is 0. The Bertz CT molecular complexity index is 95.3. The summed E-state index contributed by atoms with van der Waals surface area (Å²) in [6.07, 6.45) is 2.95. The van der Waals surface area contributed by atoms with Gasteiger partial charge in [-0.2, -0.15) is 0 Å². The lowest BCUT2D eigenvalue weighted by Gasteiger charge is -2.18. The first-order valence-corrected chi connectivity index (χ1v) is 4.08. The summed E-state index contributed by atoms with van der Waals surface area (Å²) >= 11 is 0. The molecule has 1 fully saturated rings. The molecule has 0 radical (unpaired) electrons. The summed E-state index contributed by atoms with van der Waals surface area (Å²) in [5.74, 6) is 0.674. The van der Waals surface area contributed by atoms with Crippen molar-refractivity contribution in [2.24, 2.45) is 5.92 Å². The van der Waals surface area contributed by atoms with Crippen LogP contribution < -0.4 is 5.32 Å². The van der Waals surface area contributed by atoms with Crippen LogP contribution in [0.3, 0.4) is 0 Å². The highest BCUT2D eigenvalue weighted by Gasteiger charge is 2.18. The van der Waals surface area contributed by atoms with E-state index in [1.165, 1.54) is 12.8 Å². The van der Waals surface area contributed by atoms with Gasteiger partial charge in [0.25, 0.3) is 0 Å². The normalized spacial score (nSPS) is 35.4. The van der Waals surface area contributed by atoms with Crippen molar-refractivity contribution in [2.45, 2.75) is 25.9 Å². The molecule has 10 heavy (non-hydrogen) atoms. The maximum absolute atomic E-state index is 5.34. The van der Waals surface area contributed by atoms with Gasteiger partial charge >= 0.3 is 0 Å². The molecule has 1 aliphatic heterocycles. The van der Waals surface area contributed by atoms with Crippen LogP contribution in [-0.2, 0) is 4.74 Å². The second kappa shape index (κ2) is 3.94. The van der Waals surface area contributed by atoms with Gasteiger partial charge in [0.1, 0.15) is 0 Å². The highest BCUT2D eigenvalue weighted by Crippen LogP contribution is 2.14. The average Bonchev–Trinajstić information content (AvgIpc) is 2.13. The molecule has 1 saturated heterocycles. The molecule has 1 heterocycles. The molecule has 0 saturated carbocycles. The quantitative estimate of drug-likeness (QED) is 0.591. The van der Waals surface area contributed by atoms with Gasteiger partial charge in [0.15, 0.2) is 0 Å². The van der Waals surface area contributed by atoms with Crippen LogP contribution in [0.4, 0.5) is 0 Å². The molecule has 2 nitrogen and oxygen atoms in total. The highest BCUT2D eigenvalue weighted by molar-refractivity contribution is 4.72. The van der Waals surface area contributed by atoms with E-state index in [2.05, 4.69) is 12.2 Å². The minimum absolute atomic E-state index is 0.481. The standard InChI is InChI=1S/C8H17NO/c1-7-6-9-5-3-4-8(7)10-2/h7-9H,3-6H2,1-2H3. The molecule has 2 unspecified atom stereocenters. The zero-order chi connectivity index (χ0) is 7.40. The SMILES string of the molecule is COC1CCCNCC1C. The van der Waals surface area contributed by atoms with Crippen molar-refractivity contribution in [1.82, 2.24) is 5.32 Å². The van der Waals surface area contributed by atoms with E-state index in [4.69, 9.17) is 4.74 Å². The van der Waals surface area contributed by atoms with Crippen LogP contribution in [0.25, 0.3) is 0 Å². The fourth-order valence-corrected chi connectivity index (χ4v) is 1.52. The number of methoxy groups -OCH3 is 1. The van der Waals surface area contributed by atoms with E-state index >= 15 is 0 Å². The third-order valence-electron chi connectivity index (χ3n) is 2.25. The maximum Gasteiger partial charge on any atom is 0.0609 e. The number of rotatable bonds is 1. The maximum atomic E-state index is 5.34. The van der Waals surface area contributed by atoms with Gasteiger partial charge in [-0.3, -0.25) is 0 Å². The Balaban J connectivity index is 2.35. The van der Waals surface area contributed by atoms with E-state index in [0.29, 0.717) is 12.0 Å². The predicted molar refractivity (Wildman–Crippen MR) is 42.1 cm³/mol. The molecule has 2 atom stereocenters. The molecule has 0 aliphatic carbocycles. The van der Waals surface area contributed by atoms with E-state index < -0.39 is 0 Å². The van der Waals surface area contributed by atoms with Gasteiger partial charge < -0.3 is 10.1 Å². The second-order valence-corrected chi connectivity index (χ2v) is 3.10. The summed E-state index contributed by atoms with van der Waals surface area (Å²) in [4.78, 5) is 0. The fraction of sp³-hybridized carbons (Fsp3) is 1.00. The van der Waals surface area contributed by atoms with Gasteiger partial charge in [0.05, 0.1) is 6.10 Å². The Morgan fingerprint density at radius 2 is 2.30 bits per heavy atom. The molecule has 60 valence electrons. The summed E-state index contributed by atoms with van der Waals surface area (Å²) in [7, 11) is 1.81. The third kappa shape index (κ3) is 1.96. The van der Waals surface area contributed by atoms with E-state index in [0.717, 1.165) is 13.1 Å². The molecular formula is C8H17NO. The summed E-state index contributed by atoms with van der Waals surface area (Å²) in [6.45, 7) is 4.51. The summed E-state index contributed by atoms with van der Waals surface area (Å²) in [5.41, 5.74) is 0.